The van der Waals surface area contributed by atoms with Gasteiger partial charge in [-0.05, 0) is 134 Å². The minimum absolute atomic E-state index is 0.0929. The third-order valence-electron chi connectivity index (χ3n) is 10.2. The van der Waals surface area contributed by atoms with Crippen molar-refractivity contribution >= 4 is 18.1 Å². The topological polar surface area (TPSA) is 48.1 Å². The van der Waals surface area contributed by atoms with E-state index in [1.54, 1.807) is 7.11 Å². The Bertz CT molecular complexity index is 1510. The maximum Gasteiger partial charge on any atom is 0.254 e. The first-order valence-electron chi connectivity index (χ1n) is 18.6. The average Bonchev–Trinajstić information content (AvgIpc) is 3.72. The van der Waals surface area contributed by atoms with E-state index in [0.717, 1.165) is 61.1 Å². The summed E-state index contributed by atoms with van der Waals surface area (Å²) in [5.74, 6) is 0.950. The van der Waals surface area contributed by atoms with Crippen molar-refractivity contribution in [1.29, 1.82) is 0 Å². The number of aryl methyl sites for hydroxylation is 2. The molecular formula is C44H62N4O2. The van der Waals surface area contributed by atoms with Gasteiger partial charge in [0.15, 0.2) is 0 Å². The molecule has 2 fully saturated rings. The lowest BCUT2D eigenvalue weighted by atomic mass is 10.0. The molecule has 0 aliphatic carbocycles. The zero-order chi connectivity index (χ0) is 35.9. The molecule has 270 valence electrons. The van der Waals surface area contributed by atoms with Crippen molar-refractivity contribution in [2.45, 2.75) is 78.3 Å². The Morgan fingerprint density at radius 1 is 0.820 bits per heavy atom. The van der Waals surface area contributed by atoms with Gasteiger partial charge in [0.25, 0.3) is 5.91 Å². The number of ether oxygens (including phenoxy) is 1. The van der Waals surface area contributed by atoms with Crippen LogP contribution in [0.2, 0.25) is 0 Å². The van der Waals surface area contributed by atoms with Crippen molar-refractivity contribution in [2.24, 2.45) is 0 Å². The van der Waals surface area contributed by atoms with Gasteiger partial charge in [-0.3, -0.25) is 4.79 Å². The van der Waals surface area contributed by atoms with E-state index in [-0.39, 0.29) is 5.91 Å². The Morgan fingerprint density at radius 3 is 1.84 bits per heavy atom. The number of benzene rings is 3. The molecule has 2 unspecified atom stereocenters. The molecule has 2 atom stereocenters. The Kier molecular flexibility index (Phi) is 15.8. The first kappa shape index (κ1) is 39.1. The molecule has 1 amide bonds. The maximum absolute atomic E-state index is 13.6. The summed E-state index contributed by atoms with van der Waals surface area (Å²) in [7, 11) is 6.12. The molecule has 0 spiro atoms. The highest BCUT2D eigenvalue weighted by Gasteiger charge is 2.24. The van der Waals surface area contributed by atoms with E-state index in [0.29, 0.717) is 12.6 Å². The second-order valence-electron chi connectivity index (χ2n) is 14.5. The lowest BCUT2D eigenvalue weighted by Gasteiger charge is -2.27. The Balaban J connectivity index is 0.000000252. The summed E-state index contributed by atoms with van der Waals surface area (Å²) in [5, 5.41) is 3.56. The quantitative estimate of drug-likeness (QED) is 0.173. The van der Waals surface area contributed by atoms with Gasteiger partial charge in [0.05, 0.1) is 7.11 Å². The van der Waals surface area contributed by atoms with Gasteiger partial charge in [-0.1, -0.05) is 84.0 Å². The fraction of sp³-hybridized carbons (Fsp3) is 0.477. The summed E-state index contributed by atoms with van der Waals surface area (Å²) in [6, 6.07) is 26.1. The fourth-order valence-corrected chi connectivity index (χ4v) is 7.44. The average molecular weight is 679 g/mol. The first-order valence-corrected chi connectivity index (χ1v) is 18.6. The molecule has 50 heavy (non-hydrogen) atoms. The van der Waals surface area contributed by atoms with Crippen LogP contribution in [0.5, 0.6) is 5.75 Å². The van der Waals surface area contributed by atoms with Crippen LogP contribution in [-0.4, -0.2) is 93.2 Å². The molecule has 0 bridgehead atoms. The molecule has 0 radical (unpaired) electrons. The van der Waals surface area contributed by atoms with E-state index in [4.69, 9.17) is 4.74 Å². The molecule has 0 aromatic heterocycles. The fourth-order valence-electron chi connectivity index (χ4n) is 7.44. The summed E-state index contributed by atoms with van der Waals surface area (Å²) in [6.45, 7) is 14.2. The van der Waals surface area contributed by atoms with Crippen molar-refractivity contribution < 1.29 is 9.53 Å². The lowest BCUT2D eigenvalue weighted by Crippen LogP contribution is -2.37. The Hall–Kier alpha value is -3.71. The zero-order valence-corrected chi connectivity index (χ0v) is 31.9. The smallest absolute Gasteiger partial charge is 0.254 e. The van der Waals surface area contributed by atoms with Crippen molar-refractivity contribution in [3.8, 4) is 5.75 Å². The predicted octanol–water partition coefficient (Wildman–Crippen LogP) is 8.51. The number of carbonyl (C=O) groups excluding carboxylic acids is 1. The molecule has 2 aliphatic rings. The summed E-state index contributed by atoms with van der Waals surface area (Å²) in [5.41, 5.74) is 7.77. The van der Waals surface area contributed by atoms with E-state index in [1.165, 1.54) is 60.9 Å². The molecule has 6 nitrogen and oxygen atoms in total. The third kappa shape index (κ3) is 12.3. The van der Waals surface area contributed by atoms with Gasteiger partial charge < -0.3 is 24.8 Å². The van der Waals surface area contributed by atoms with Crippen LogP contribution >= 0.6 is 0 Å². The van der Waals surface area contributed by atoms with Crippen molar-refractivity contribution in [3.05, 3.63) is 112 Å². The van der Waals surface area contributed by atoms with Crippen LogP contribution in [0.15, 0.2) is 83.9 Å². The van der Waals surface area contributed by atoms with Gasteiger partial charge in [-0.15, -0.1) is 0 Å². The zero-order valence-electron chi connectivity index (χ0n) is 31.9. The van der Waals surface area contributed by atoms with Gasteiger partial charge in [0, 0.05) is 37.3 Å². The van der Waals surface area contributed by atoms with Crippen molar-refractivity contribution in [3.63, 3.8) is 0 Å². The van der Waals surface area contributed by atoms with Crippen LogP contribution < -0.4 is 10.1 Å². The molecule has 2 heterocycles. The number of nitrogens with one attached hydrogen (secondary N) is 1. The largest absolute Gasteiger partial charge is 0.496 e. The molecule has 3 aromatic rings. The summed E-state index contributed by atoms with van der Waals surface area (Å²) >= 11 is 0. The molecule has 1 N–H and O–H groups in total. The first-order chi connectivity index (χ1) is 24.1. The van der Waals surface area contributed by atoms with E-state index in [2.05, 4.69) is 97.7 Å². The number of nitrogens with zero attached hydrogens (tertiary/aromatic N) is 3. The molecule has 6 heteroatoms. The number of carbonyl (C=O) groups is 1. The van der Waals surface area contributed by atoms with Crippen LogP contribution in [-0.2, 0) is 0 Å². The number of hydrogen-bond donors (Lipinski definition) is 1. The van der Waals surface area contributed by atoms with E-state index in [1.807, 2.05) is 49.1 Å². The maximum atomic E-state index is 13.6. The Morgan fingerprint density at radius 2 is 1.34 bits per heavy atom. The lowest BCUT2D eigenvalue weighted by molar-refractivity contribution is 0.0757. The summed E-state index contributed by atoms with van der Waals surface area (Å²) in [4.78, 5) is 20.5. The van der Waals surface area contributed by atoms with Crippen LogP contribution in [0, 0.1) is 13.8 Å². The normalized spacial score (nSPS) is 18.5. The molecule has 0 saturated carbocycles. The summed E-state index contributed by atoms with van der Waals surface area (Å²) < 4.78 is 5.49. The van der Waals surface area contributed by atoms with Gasteiger partial charge in [-0.25, -0.2) is 0 Å². The number of methoxy groups -OCH3 is 1. The molecule has 2 aliphatic heterocycles. The number of likely N-dealkylation sites (tertiary alicyclic amines) is 2. The minimum atomic E-state index is 0.0929. The van der Waals surface area contributed by atoms with Gasteiger partial charge in [0.1, 0.15) is 5.75 Å². The predicted molar refractivity (Wildman–Crippen MR) is 212 cm³/mol. The number of hydrogen-bond acceptors (Lipinski definition) is 5. The van der Waals surface area contributed by atoms with Crippen LogP contribution in [0.25, 0.3) is 12.2 Å². The van der Waals surface area contributed by atoms with Gasteiger partial charge >= 0.3 is 0 Å². The highest BCUT2D eigenvalue weighted by Crippen LogP contribution is 2.26. The van der Waals surface area contributed by atoms with Crippen LogP contribution in [0.1, 0.15) is 85.0 Å². The molecule has 5 rings (SSSR count). The van der Waals surface area contributed by atoms with Crippen LogP contribution in [0.3, 0.4) is 0 Å². The van der Waals surface area contributed by atoms with E-state index < -0.39 is 0 Å². The highest BCUT2D eigenvalue weighted by molar-refractivity contribution is 5.95. The Labute approximate surface area is 303 Å². The van der Waals surface area contributed by atoms with E-state index in [9.17, 15) is 4.79 Å². The molecular weight excluding hydrogens is 617 g/mol. The third-order valence-corrected chi connectivity index (χ3v) is 10.2. The molecule has 3 aromatic carbocycles. The highest BCUT2D eigenvalue weighted by atomic mass is 16.5. The number of amides is 1. The van der Waals surface area contributed by atoms with E-state index >= 15 is 0 Å². The minimum Gasteiger partial charge on any atom is -0.496 e. The number of rotatable bonds is 14. The van der Waals surface area contributed by atoms with Crippen molar-refractivity contribution in [2.75, 3.05) is 60.5 Å². The SMILES string of the molecule is C/C(=C\c1ccccc1)CNCCC1CCCN1C.COc1c(C)cc(C(=O)N(CCC2CCCN2C)C/C(C)=C/c2ccccc2)cc1C. The van der Waals surface area contributed by atoms with Crippen LogP contribution in [0.4, 0.5) is 0 Å². The van der Waals surface area contributed by atoms with Gasteiger partial charge in [-0.2, -0.15) is 0 Å². The van der Waals surface area contributed by atoms with Gasteiger partial charge in [0.2, 0.25) is 0 Å². The standard InChI is InChI=1S/C27H36N2O2.C17H26N2/c1-20(16-23-10-7-6-8-11-23)19-29(15-13-25-12-9-14-28(25)4)27(30)24-17-21(2)26(31-5)22(3)18-24;1-15(13-16-7-4-3-5-8-16)14-18-11-10-17-9-6-12-19(17)2/h6-8,10-11,16-18,25H,9,12-15,19H2,1-5H3;3-5,7-8,13,17-18H,6,9-12,14H2,1-2H3/b20-16+;15-13+. The summed E-state index contributed by atoms with van der Waals surface area (Å²) in [6.07, 6.45) is 11.9. The second kappa shape index (κ2) is 20.2. The second-order valence-corrected chi connectivity index (χ2v) is 14.5. The molecule has 2 saturated heterocycles. The van der Waals surface area contributed by atoms with Crippen molar-refractivity contribution in [1.82, 2.24) is 20.0 Å². The monoisotopic (exact) mass is 678 g/mol.